The van der Waals surface area contributed by atoms with Crippen molar-refractivity contribution >= 4 is 0 Å². The molecule has 0 aromatic heterocycles. The maximum atomic E-state index is 6.02. The fourth-order valence-electron chi connectivity index (χ4n) is 3.41. The van der Waals surface area contributed by atoms with Gasteiger partial charge < -0.3 is 24.3 Å². The monoisotopic (exact) mass is 413 g/mol. The second-order valence-electron chi connectivity index (χ2n) is 7.52. The minimum Gasteiger partial charge on any atom is -0.492 e. The van der Waals surface area contributed by atoms with Crippen LogP contribution in [0.5, 0.6) is 17.2 Å². The van der Waals surface area contributed by atoms with Crippen molar-refractivity contribution in [2.45, 2.75) is 38.5 Å². The molecular weight excluding hydrogens is 378 g/mol. The third kappa shape index (κ3) is 7.22. The van der Waals surface area contributed by atoms with Crippen LogP contribution in [-0.2, 0) is 4.74 Å². The van der Waals surface area contributed by atoms with E-state index >= 15 is 0 Å². The molecule has 0 radical (unpaired) electrons. The lowest BCUT2D eigenvalue weighted by Gasteiger charge is -2.27. The van der Waals surface area contributed by atoms with Gasteiger partial charge in [0.25, 0.3) is 0 Å². The second kappa shape index (κ2) is 13.1. The summed E-state index contributed by atoms with van der Waals surface area (Å²) in [5, 5.41) is 3.38. The normalized spacial score (nSPS) is 13.6. The Hall–Kier alpha value is -2.24. The minimum absolute atomic E-state index is 0.526. The molecule has 0 amide bonds. The Kier molecular flexibility index (Phi) is 9.83. The van der Waals surface area contributed by atoms with Gasteiger partial charge in [0.1, 0.15) is 25.6 Å². The van der Waals surface area contributed by atoms with Gasteiger partial charge in [-0.25, -0.2) is 0 Å². The predicted molar refractivity (Wildman–Crippen MR) is 120 cm³/mol. The molecule has 0 unspecified atom stereocenters. The van der Waals surface area contributed by atoms with Gasteiger partial charge in [-0.15, -0.1) is 0 Å². The molecule has 0 spiro atoms. The Morgan fingerprint density at radius 3 is 1.97 bits per heavy atom. The summed E-state index contributed by atoms with van der Waals surface area (Å²) in [6.07, 6.45) is 4.92. The van der Waals surface area contributed by atoms with Crippen molar-refractivity contribution in [1.82, 2.24) is 5.32 Å². The van der Waals surface area contributed by atoms with Gasteiger partial charge in [-0.3, -0.25) is 0 Å². The van der Waals surface area contributed by atoms with Gasteiger partial charge in [0.2, 0.25) is 0 Å². The molecule has 0 bridgehead atoms. The summed E-state index contributed by atoms with van der Waals surface area (Å²) in [6.45, 7) is 6.75. The highest BCUT2D eigenvalue weighted by molar-refractivity contribution is 5.39. The number of ether oxygens (including phenoxy) is 4. The van der Waals surface area contributed by atoms with Crippen molar-refractivity contribution < 1.29 is 18.9 Å². The molecule has 0 heterocycles. The van der Waals surface area contributed by atoms with Crippen molar-refractivity contribution in [1.29, 1.82) is 0 Å². The summed E-state index contributed by atoms with van der Waals surface area (Å²) in [4.78, 5) is 0. The quantitative estimate of drug-likeness (QED) is 0.425. The molecule has 164 valence electrons. The van der Waals surface area contributed by atoms with E-state index in [4.69, 9.17) is 18.9 Å². The number of benzene rings is 2. The fourth-order valence-corrected chi connectivity index (χ4v) is 3.41. The molecule has 1 fully saturated rings. The minimum atomic E-state index is 0.526. The maximum Gasteiger partial charge on any atom is 0.161 e. The highest BCUT2D eigenvalue weighted by Gasteiger charge is 2.22. The summed E-state index contributed by atoms with van der Waals surface area (Å²) in [5.74, 6) is 3.24. The topological polar surface area (TPSA) is 49.0 Å². The molecule has 30 heavy (non-hydrogen) atoms. The summed E-state index contributed by atoms with van der Waals surface area (Å²) in [5.41, 5.74) is 1.36. The number of para-hydroxylation sites is 3. The largest absolute Gasteiger partial charge is 0.492 e. The van der Waals surface area contributed by atoms with E-state index in [9.17, 15) is 0 Å². The zero-order valence-corrected chi connectivity index (χ0v) is 18.1. The van der Waals surface area contributed by atoms with Crippen LogP contribution < -0.4 is 19.5 Å². The SMILES string of the molecule is CCCOCCOc1ccccc1OCCNCCOc1ccccc1C1CCC1. The Morgan fingerprint density at radius 2 is 1.33 bits per heavy atom. The molecule has 5 heteroatoms. The van der Waals surface area contributed by atoms with E-state index in [2.05, 4.69) is 30.4 Å². The molecule has 0 saturated heterocycles. The average molecular weight is 414 g/mol. The summed E-state index contributed by atoms with van der Waals surface area (Å²) in [6, 6.07) is 16.2. The maximum absolute atomic E-state index is 6.02. The average Bonchev–Trinajstić information content (AvgIpc) is 2.73. The summed E-state index contributed by atoms with van der Waals surface area (Å²) >= 11 is 0. The van der Waals surface area contributed by atoms with Crippen molar-refractivity contribution in [3.05, 3.63) is 54.1 Å². The van der Waals surface area contributed by atoms with Crippen LogP contribution in [0.25, 0.3) is 0 Å². The van der Waals surface area contributed by atoms with Crippen LogP contribution in [0.2, 0.25) is 0 Å². The first kappa shape index (κ1) is 22.4. The van der Waals surface area contributed by atoms with Crippen LogP contribution in [0.1, 0.15) is 44.1 Å². The van der Waals surface area contributed by atoms with Crippen LogP contribution in [0.15, 0.2) is 48.5 Å². The molecule has 0 aliphatic heterocycles. The van der Waals surface area contributed by atoms with E-state index in [0.717, 1.165) is 43.4 Å². The number of hydrogen-bond acceptors (Lipinski definition) is 5. The van der Waals surface area contributed by atoms with Gasteiger partial charge in [-0.2, -0.15) is 0 Å². The van der Waals surface area contributed by atoms with Gasteiger partial charge in [-0.05, 0) is 48.9 Å². The first-order valence-corrected chi connectivity index (χ1v) is 11.2. The smallest absolute Gasteiger partial charge is 0.161 e. The zero-order valence-electron chi connectivity index (χ0n) is 18.1. The van der Waals surface area contributed by atoms with E-state index in [-0.39, 0.29) is 0 Å². The predicted octanol–water partition coefficient (Wildman–Crippen LogP) is 4.81. The van der Waals surface area contributed by atoms with E-state index in [1.54, 1.807) is 0 Å². The fraction of sp³-hybridized carbons (Fsp3) is 0.520. The van der Waals surface area contributed by atoms with Gasteiger partial charge in [0.05, 0.1) is 6.61 Å². The molecule has 0 atom stereocenters. The Bertz CT molecular complexity index is 733. The molecule has 1 aliphatic rings. The molecular formula is C25H35NO4. The lowest BCUT2D eigenvalue weighted by Crippen LogP contribution is -2.26. The van der Waals surface area contributed by atoms with Crippen LogP contribution in [0.3, 0.4) is 0 Å². The number of rotatable bonds is 15. The molecule has 2 aromatic rings. The Labute approximate surface area is 180 Å². The number of hydrogen-bond donors (Lipinski definition) is 1. The molecule has 5 nitrogen and oxygen atoms in total. The van der Waals surface area contributed by atoms with Gasteiger partial charge in [0.15, 0.2) is 11.5 Å². The second-order valence-corrected chi connectivity index (χ2v) is 7.52. The summed E-state index contributed by atoms with van der Waals surface area (Å²) in [7, 11) is 0. The molecule has 2 aromatic carbocycles. The van der Waals surface area contributed by atoms with Crippen molar-refractivity contribution in [2.75, 3.05) is 46.1 Å². The standard InChI is InChI=1S/C25H35NO4/c1-2-16-27-19-20-30-25-13-6-5-12-24(25)29-18-15-26-14-17-28-23-11-4-3-10-22(23)21-8-7-9-21/h3-6,10-13,21,26H,2,7-9,14-20H2,1H3. The third-order valence-corrected chi connectivity index (χ3v) is 5.22. The van der Waals surface area contributed by atoms with Gasteiger partial charge in [0, 0.05) is 19.7 Å². The van der Waals surface area contributed by atoms with Gasteiger partial charge >= 0.3 is 0 Å². The molecule has 1 aliphatic carbocycles. The zero-order chi connectivity index (χ0) is 20.9. The van der Waals surface area contributed by atoms with Crippen LogP contribution in [-0.4, -0.2) is 46.1 Å². The van der Waals surface area contributed by atoms with E-state index in [1.165, 1.54) is 24.8 Å². The Morgan fingerprint density at radius 1 is 0.733 bits per heavy atom. The van der Waals surface area contributed by atoms with Crippen LogP contribution in [0.4, 0.5) is 0 Å². The van der Waals surface area contributed by atoms with Crippen molar-refractivity contribution in [2.24, 2.45) is 0 Å². The first-order chi connectivity index (χ1) is 14.9. The molecule has 1 saturated carbocycles. The Balaban J connectivity index is 1.30. The first-order valence-electron chi connectivity index (χ1n) is 11.2. The lowest BCUT2D eigenvalue weighted by molar-refractivity contribution is 0.0991. The van der Waals surface area contributed by atoms with Crippen LogP contribution >= 0.6 is 0 Å². The van der Waals surface area contributed by atoms with Crippen molar-refractivity contribution in [3.8, 4) is 17.2 Å². The molecule has 1 N–H and O–H groups in total. The molecule has 3 rings (SSSR count). The van der Waals surface area contributed by atoms with E-state index in [0.29, 0.717) is 32.3 Å². The number of nitrogens with one attached hydrogen (secondary N) is 1. The highest BCUT2D eigenvalue weighted by Crippen LogP contribution is 2.40. The third-order valence-electron chi connectivity index (χ3n) is 5.22. The summed E-state index contributed by atoms with van der Waals surface area (Å²) < 4.78 is 23.1. The van der Waals surface area contributed by atoms with E-state index in [1.807, 2.05) is 30.3 Å². The van der Waals surface area contributed by atoms with Gasteiger partial charge in [-0.1, -0.05) is 43.7 Å². The van der Waals surface area contributed by atoms with Crippen LogP contribution in [0, 0.1) is 0 Å². The highest BCUT2D eigenvalue weighted by atomic mass is 16.5. The lowest BCUT2D eigenvalue weighted by atomic mass is 9.80. The van der Waals surface area contributed by atoms with E-state index < -0.39 is 0 Å². The van der Waals surface area contributed by atoms with Crippen molar-refractivity contribution in [3.63, 3.8) is 0 Å².